The largest absolute Gasteiger partial charge is 0.388 e. The van der Waals surface area contributed by atoms with Gasteiger partial charge in [0.05, 0.1) is 0 Å². The fraction of sp³-hybridized carbons (Fsp3) is 0.444. The van der Waals surface area contributed by atoms with E-state index < -0.39 is 0 Å². The van der Waals surface area contributed by atoms with Gasteiger partial charge in [0.25, 0.3) is 0 Å². The third kappa shape index (κ3) is 4.18. The maximum absolute atomic E-state index is 5.45. The van der Waals surface area contributed by atoms with Gasteiger partial charge in [-0.2, -0.15) is 0 Å². The van der Waals surface area contributed by atoms with E-state index in [9.17, 15) is 0 Å². The van der Waals surface area contributed by atoms with Crippen molar-refractivity contribution in [3.8, 4) is 0 Å². The zero-order valence-electron chi connectivity index (χ0n) is 8.56. The number of anilines is 1. The van der Waals surface area contributed by atoms with Crippen molar-refractivity contribution >= 4 is 23.2 Å². The van der Waals surface area contributed by atoms with E-state index in [1.807, 2.05) is 0 Å². The van der Waals surface area contributed by atoms with Crippen LogP contribution in [0.25, 0.3) is 0 Å². The Hall–Kier alpha value is -1.27. The molecule has 0 atom stereocenters. The molecule has 1 aromatic rings. The predicted octanol–water partition coefficient (Wildman–Crippen LogP) is 0.559. The Kier molecular flexibility index (Phi) is 4.92. The number of hydrogen-bond donors (Lipinski definition) is 2. The molecule has 82 valence electrons. The van der Waals surface area contributed by atoms with Crippen molar-refractivity contribution in [3.05, 3.63) is 18.0 Å². The molecule has 5 nitrogen and oxygen atoms in total. The minimum Gasteiger partial charge on any atom is -0.388 e. The van der Waals surface area contributed by atoms with Crippen LogP contribution in [0.2, 0.25) is 0 Å². The first-order valence-electron chi connectivity index (χ1n) is 4.59. The van der Waals surface area contributed by atoms with Gasteiger partial charge in [0, 0.05) is 26.5 Å². The number of aromatic nitrogens is 2. The number of rotatable bonds is 6. The molecule has 0 aliphatic carbocycles. The van der Waals surface area contributed by atoms with E-state index in [4.69, 9.17) is 22.7 Å². The van der Waals surface area contributed by atoms with Crippen molar-refractivity contribution in [1.29, 1.82) is 0 Å². The molecule has 15 heavy (non-hydrogen) atoms. The summed E-state index contributed by atoms with van der Waals surface area (Å²) in [5.41, 5.74) is 6.03. The summed E-state index contributed by atoms with van der Waals surface area (Å²) in [6.45, 7) is 1.47. The van der Waals surface area contributed by atoms with Crippen LogP contribution in [0.3, 0.4) is 0 Å². The number of nitrogens with one attached hydrogen (secondary N) is 1. The Balaban J connectivity index is 2.47. The van der Waals surface area contributed by atoms with Crippen molar-refractivity contribution in [2.75, 3.05) is 25.6 Å². The molecular weight excluding hydrogens is 212 g/mol. The van der Waals surface area contributed by atoms with Gasteiger partial charge in [0.1, 0.15) is 10.7 Å². The van der Waals surface area contributed by atoms with Crippen LogP contribution in [0.1, 0.15) is 12.1 Å². The highest BCUT2D eigenvalue weighted by Gasteiger charge is 2.00. The Bertz CT molecular complexity index is 332. The monoisotopic (exact) mass is 226 g/mol. The summed E-state index contributed by atoms with van der Waals surface area (Å²) in [6, 6.07) is 1.68. The number of methoxy groups -OCH3 is 1. The number of nitrogens with two attached hydrogens (primary N) is 1. The lowest BCUT2D eigenvalue weighted by atomic mass is 10.4. The molecule has 0 radical (unpaired) electrons. The summed E-state index contributed by atoms with van der Waals surface area (Å²) in [5, 5.41) is 3.06. The topological polar surface area (TPSA) is 73.1 Å². The summed E-state index contributed by atoms with van der Waals surface area (Å²) in [6.07, 6.45) is 2.53. The fourth-order valence-electron chi connectivity index (χ4n) is 0.998. The molecule has 6 heteroatoms. The molecule has 1 rings (SSSR count). The van der Waals surface area contributed by atoms with E-state index in [0.717, 1.165) is 13.0 Å². The molecular formula is C9H14N4OS. The van der Waals surface area contributed by atoms with Crippen LogP contribution in [0.5, 0.6) is 0 Å². The van der Waals surface area contributed by atoms with E-state index in [2.05, 4.69) is 15.3 Å². The molecule has 0 unspecified atom stereocenters. The van der Waals surface area contributed by atoms with E-state index in [0.29, 0.717) is 18.2 Å². The second kappa shape index (κ2) is 6.26. The molecule has 0 amide bonds. The van der Waals surface area contributed by atoms with Crippen LogP contribution in [-0.4, -0.2) is 35.2 Å². The van der Waals surface area contributed by atoms with Gasteiger partial charge < -0.3 is 15.8 Å². The molecule has 0 saturated heterocycles. The molecule has 0 aliphatic heterocycles. The van der Waals surface area contributed by atoms with Gasteiger partial charge in [-0.1, -0.05) is 12.2 Å². The molecule has 1 aromatic heterocycles. The average molecular weight is 226 g/mol. The molecule has 0 bridgehead atoms. The molecule has 0 saturated carbocycles. The lowest BCUT2D eigenvalue weighted by Crippen LogP contribution is -2.14. The molecule has 0 aliphatic rings. The minimum absolute atomic E-state index is 0.275. The number of hydrogen-bond acceptors (Lipinski definition) is 5. The summed E-state index contributed by atoms with van der Waals surface area (Å²) in [7, 11) is 1.67. The fourth-order valence-corrected chi connectivity index (χ4v) is 1.11. The highest BCUT2D eigenvalue weighted by molar-refractivity contribution is 7.80. The van der Waals surface area contributed by atoms with E-state index >= 15 is 0 Å². The maximum Gasteiger partial charge on any atom is 0.223 e. The van der Waals surface area contributed by atoms with Crippen LogP contribution in [-0.2, 0) is 4.74 Å². The van der Waals surface area contributed by atoms with E-state index in [1.54, 1.807) is 19.4 Å². The number of nitrogens with zero attached hydrogens (tertiary/aromatic N) is 2. The summed E-state index contributed by atoms with van der Waals surface area (Å²) >= 11 is 4.82. The van der Waals surface area contributed by atoms with Gasteiger partial charge >= 0.3 is 0 Å². The molecule has 0 fully saturated rings. The van der Waals surface area contributed by atoms with E-state index in [1.165, 1.54) is 0 Å². The normalized spacial score (nSPS) is 9.93. The third-order valence-electron chi connectivity index (χ3n) is 1.72. The van der Waals surface area contributed by atoms with Crippen LogP contribution in [0, 0.1) is 0 Å². The first-order valence-corrected chi connectivity index (χ1v) is 5.00. The van der Waals surface area contributed by atoms with Crippen molar-refractivity contribution in [2.45, 2.75) is 6.42 Å². The first-order chi connectivity index (χ1) is 7.24. The highest BCUT2D eigenvalue weighted by atomic mass is 32.1. The zero-order valence-corrected chi connectivity index (χ0v) is 9.38. The van der Waals surface area contributed by atoms with Crippen molar-refractivity contribution < 1.29 is 4.74 Å². The van der Waals surface area contributed by atoms with Gasteiger partial charge in [0.15, 0.2) is 0 Å². The Morgan fingerprint density at radius 3 is 3.13 bits per heavy atom. The molecule has 0 aromatic carbocycles. The SMILES string of the molecule is COCCCNc1nccc(C(N)=S)n1. The van der Waals surface area contributed by atoms with Gasteiger partial charge in [-0.25, -0.2) is 9.97 Å². The van der Waals surface area contributed by atoms with Crippen molar-refractivity contribution in [3.63, 3.8) is 0 Å². The smallest absolute Gasteiger partial charge is 0.223 e. The average Bonchev–Trinajstić information content (AvgIpc) is 2.25. The van der Waals surface area contributed by atoms with Crippen LogP contribution in [0.15, 0.2) is 12.3 Å². The Morgan fingerprint density at radius 1 is 1.67 bits per heavy atom. The first kappa shape index (κ1) is 11.8. The van der Waals surface area contributed by atoms with Gasteiger partial charge in [0.2, 0.25) is 5.95 Å². The summed E-state index contributed by atoms with van der Waals surface area (Å²) < 4.78 is 4.92. The molecule has 1 heterocycles. The van der Waals surface area contributed by atoms with Gasteiger partial charge in [-0.15, -0.1) is 0 Å². The lowest BCUT2D eigenvalue weighted by Gasteiger charge is -2.05. The van der Waals surface area contributed by atoms with E-state index in [-0.39, 0.29) is 4.99 Å². The van der Waals surface area contributed by atoms with Crippen molar-refractivity contribution in [2.24, 2.45) is 5.73 Å². The number of ether oxygens (including phenoxy) is 1. The molecule has 0 spiro atoms. The second-order valence-electron chi connectivity index (χ2n) is 2.90. The Labute approximate surface area is 94.1 Å². The quantitative estimate of drug-likeness (QED) is 0.545. The zero-order chi connectivity index (χ0) is 11.1. The Morgan fingerprint density at radius 2 is 2.47 bits per heavy atom. The van der Waals surface area contributed by atoms with Gasteiger partial charge in [-0.3, -0.25) is 0 Å². The summed E-state index contributed by atoms with van der Waals surface area (Å²) in [5.74, 6) is 0.538. The molecule has 3 N–H and O–H groups in total. The van der Waals surface area contributed by atoms with Crippen LogP contribution >= 0.6 is 12.2 Å². The predicted molar refractivity (Wildman–Crippen MR) is 62.9 cm³/mol. The minimum atomic E-state index is 0.275. The number of thiocarbonyl (C=S) groups is 1. The van der Waals surface area contributed by atoms with Crippen molar-refractivity contribution in [1.82, 2.24) is 9.97 Å². The van der Waals surface area contributed by atoms with Crippen LogP contribution in [0.4, 0.5) is 5.95 Å². The maximum atomic E-state index is 5.45. The van der Waals surface area contributed by atoms with Gasteiger partial charge in [-0.05, 0) is 12.5 Å². The lowest BCUT2D eigenvalue weighted by molar-refractivity contribution is 0.197. The highest BCUT2D eigenvalue weighted by Crippen LogP contribution is 2.00. The third-order valence-corrected chi connectivity index (χ3v) is 1.93. The standard InChI is InChI=1S/C9H14N4OS/c1-14-6-2-4-11-9-12-5-3-7(13-9)8(10)15/h3,5H,2,4,6H2,1H3,(H2,10,15)(H,11,12,13). The van der Waals surface area contributed by atoms with Crippen LogP contribution < -0.4 is 11.1 Å². The summed E-state index contributed by atoms with van der Waals surface area (Å²) in [4.78, 5) is 8.46. The second-order valence-corrected chi connectivity index (χ2v) is 3.34.